The molecule has 1 aliphatic rings. The molecule has 0 saturated carbocycles. The highest BCUT2D eigenvalue weighted by molar-refractivity contribution is 9.10. The summed E-state index contributed by atoms with van der Waals surface area (Å²) in [6.45, 7) is 2.22. The SMILES string of the molecule is ClCc1cc(Br)cnc1N1CCCC1. The molecule has 0 amide bonds. The van der Waals surface area contributed by atoms with Crippen molar-refractivity contribution in [2.45, 2.75) is 18.7 Å². The third-order valence-corrected chi connectivity index (χ3v) is 3.18. The van der Waals surface area contributed by atoms with E-state index in [0.29, 0.717) is 5.88 Å². The molecule has 1 saturated heterocycles. The van der Waals surface area contributed by atoms with Gasteiger partial charge < -0.3 is 4.90 Å². The van der Waals surface area contributed by atoms with Crippen molar-refractivity contribution in [1.29, 1.82) is 0 Å². The van der Waals surface area contributed by atoms with Crippen LogP contribution in [0.25, 0.3) is 0 Å². The van der Waals surface area contributed by atoms with Gasteiger partial charge in [-0.05, 0) is 34.8 Å². The minimum absolute atomic E-state index is 0.526. The molecule has 1 aromatic heterocycles. The van der Waals surface area contributed by atoms with Gasteiger partial charge in [0.15, 0.2) is 0 Å². The standard InChI is InChI=1S/C10H12BrClN2/c11-9-5-8(6-12)10(13-7-9)14-3-1-2-4-14/h5,7H,1-4,6H2. The number of pyridine rings is 1. The second kappa shape index (κ2) is 4.49. The Balaban J connectivity index is 2.31. The van der Waals surface area contributed by atoms with E-state index in [1.165, 1.54) is 12.8 Å². The van der Waals surface area contributed by atoms with E-state index in [4.69, 9.17) is 11.6 Å². The Bertz CT molecular complexity index is 324. The molecule has 0 radical (unpaired) electrons. The van der Waals surface area contributed by atoms with Crippen LogP contribution in [-0.4, -0.2) is 18.1 Å². The molecule has 0 N–H and O–H groups in total. The van der Waals surface area contributed by atoms with E-state index in [9.17, 15) is 0 Å². The van der Waals surface area contributed by atoms with Crippen LogP contribution in [0.1, 0.15) is 18.4 Å². The summed E-state index contributed by atoms with van der Waals surface area (Å²) in [7, 11) is 0. The molecule has 1 aromatic rings. The number of aromatic nitrogens is 1. The van der Waals surface area contributed by atoms with Gasteiger partial charge in [0.1, 0.15) is 5.82 Å². The Labute approximate surface area is 97.4 Å². The van der Waals surface area contributed by atoms with Gasteiger partial charge in [-0.3, -0.25) is 0 Å². The van der Waals surface area contributed by atoms with Gasteiger partial charge in [0.05, 0.1) is 5.88 Å². The first-order valence-electron chi connectivity index (χ1n) is 4.76. The molecule has 0 unspecified atom stereocenters. The lowest BCUT2D eigenvalue weighted by molar-refractivity contribution is 0.924. The lowest BCUT2D eigenvalue weighted by atomic mass is 10.3. The largest absolute Gasteiger partial charge is 0.356 e. The number of hydrogen-bond acceptors (Lipinski definition) is 2. The number of alkyl halides is 1. The van der Waals surface area contributed by atoms with Crippen molar-refractivity contribution in [3.63, 3.8) is 0 Å². The average Bonchev–Trinajstić information content (AvgIpc) is 2.70. The van der Waals surface area contributed by atoms with Crippen molar-refractivity contribution in [3.8, 4) is 0 Å². The van der Waals surface area contributed by atoms with E-state index in [-0.39, 0.29) is 0 Å². The molecule has 1 aliphatic heterocycles. The van der Waals surface area contributed by atoms with Crippen molar-refractivity contribution in [2.24, 2.45) is 0 Å². The lowest BCUT2D eigenvalue weighted by Gasteiger charge is -2.19. The summed E-state index contributed by atoms with van der Waals surface area (Å²) in [5, 5.41) is 0. The van der Waals surface area contributed by atoms with Crippen molar-refractivity contribution in [3.05, 3.63) is 22.3 Å². The van der Waals surface area contributed by atoms with Crippen molar-refractivity contribution in [2.75, 3.05) is 18.0 Å². The maximum Gasteiger partial charge on any atom is 0.133 e. The van der Waals surface area contributed by atoms with Crippen LogP contribution in [0, 0.1) is 0 Å². The van der Waals surface area contributed by atoms with Crippen molar-refractivity contribution >= 4 is 33.3 Å². The van der Waals surface area contributed by atoms with Crippen LogP contribution in [0.3, 0.4) is 0 Å². The molecule has 0 aromatic carbocycles. The summed E-state index contributed by atoms with van der Waals surface area (Å²) in [5.74, 6) is 1.58. The minimum Gasteiger partial charge on any atom is -0.356 e. The van der Waals surface area contributed by atoms with E-state index in [0.717, 1.165) is 28.9 Å². The second-order valence-corrected chi connectivity index (χ2v) is 4.65. The zero-order valence-electron chi connectivity index (χ0n) is 7.84. The van der Waals surface area contributed by atoms with Gasteiger partial charge in [0, 0.05) is 29.3 Å². The monoisotopic (exact) mass is 274 g/mol. The quantitative estimate of drug-likeness (QED) is 0.771. The Hall–Kier alpha value is -0.280. The second-order valence-electron chi connectivity index (χ2n) is 3.46. The molecular weight excluding hydrogens is 263 g/mol. The summed E-state index contributed by atoms with van der Waals surface area (Å²) in [6.07, 6.45) is 4.36. The maximum absolute atomic E-state index is 5.89. The smallest absolute Gasteiger partial charge is 0.133 e. The Morgan fingerprint density at radius 2 is 2.14 bits per heavy atom. The minimum atomic E-state index is 0.526. The van der Waals surface area contributed by atoms with E-state index < -0.39 is 0 Å². The van der Waals surface area contributed by atoms with Crippen molar-refractivity contribution < 1.29 is 0 Å². The Morgan fingerprint density at radius 3 is 2.79 bits per heavy atom. The number of rotatable bonds is 2. The summed E-state index contributed by atoms with van der Waals surface area (Å²) in [6, 6.07) is 2.05. The normalized spacial score (nSPS) is 16.3. The van der Waals surface area contributed by atoms with Crippen LogP contribution in [0.15, 0.2) is 16.7 Å². The predicted molar refractivity (Wildman–Crippen MR) is 62.9 cm³/mol. The van der Waals surface area contributed by atoms with Gasteiger partial charge in [-0.2, -0.15) is 0 Å². The first kappa shape index (κ1) is 10.2. The molecule has 14 heavy (non-hydrogen) atoms. The lowest BCUT2D eigenvalue weighted by Crippen LogP contribution is -2.20. The van der Waals surface area contributed by atoms with Gasteiger partial charge in [-0.25, -0.2) is 4.98 Å². The topological polar surface area (TPSA) is 16.1 Å². The van der Waals surface area contributed by atoms with Crippen LogP contribution in [0.4, 0.5) is 5.82 Å². The van der Waals surface area contributed by atoms with E-state index >= 15 is 0 Å². The third kappa shape index (κ3) is 2.04. The Morgan fingerprint density at radius 1 is 1.43 bits per heavy atom. The molecule has 2 nitrogen and oxygen atoms in total. The molecule has 0 spiro atoms. The van der Waals surface area contributed by atoms with Gasteiger partial charge in [-0.15, -0.1) is 11.6 Å². The van der Waals surface area contributed by atoms with E-state index in [1.54, 1.807) is 0 Å². The molecule has 0 bridgehead atoms. The van der Waals surface area contributed by atoms with E-state index in [1.807, 2.05) is 12.3 Å². The number of hydrogen-bond donors (Lipinski definition) is 0. The zero-order chi connectivity index (χ0) is 9.97. The summed E-state index contributed by atoms with van der Waals surface area (Å²) in [4.78, 5) is 6.74. The van der Waals surface area contributed by atoms with E-state index in [2.05, 4.69) is 25.8 Å². The van der Waals surface area contributed by atoms with Gasteiger partial charge in [-0.1, -0.05) is 0 Å². The van der Waals surface area contributed by atoms with Crippen LogP contribution >= 0.6 is 27.5 Å². The molecule has 0 aliphatic carbocycles. The van der Waals surface area contributed by atoms with Crippen molar-refractivity contribution in [1.82, 2.24) is 4.98 Å². The van der Waals surface area contributed by atoms with Crippen LogP contribution in [-0.2, 0) is 5.88 Å². The van der Waals surface area contributed by atoms with Gasteiger partial charge >= 0.3 is 0 Å². The summed E-state index contributed by atoms with van der Waals surface area (Å²) in [5.41, 5.74) is 1.11. The fourth-order valence-electron chi connectivity index (χ4n) is 1.79. The number of nitrogens with zero attached hydrogens (tertiary/aromatic N) is 2. The highest BCUT2D eigenvalue weighted by Crippen LogP contribution is 2.25. The fraction of sp³-hybridized carbons (Fsp3) is 0.500. The third-order valence-electron chi connectivity index (χ3n) is 2.46. The van der Waals surface area contributed by atoms with Crippen LogP contribution < -0.4 is 4.90 Å². The molecule has 4 heteroatoms. The summed E-state index contributed by atoms with van der Waals surface area (Å²) >= 11 is 9.30. The number of halogens is 2. The molecule has 0 atom stereocenters. The molecule has 2 heterocycles. The van der Waals surface area contributed by atoms with Crippen LogP contribution in [0.2, 0.25) is 0 Å². The highest BCUT2D eigenvalue weighted by Gasteiger charge is 2.16. The van der Waals surface area contributed by atoms with Gasteiger partial charge in [0.2, 0.25) is 0 Å². The molecular formula is C10H12BrClN2. The maximum atomic E-state index is 5.89. The predicted octanol–water partition coefficient (Wildman–Crippen LogP) is 3.18. The zero-order valence-corrected chi connectivity index (χ0v) is 10.2. The Kier molecular flexibility index (Phi) is 3.29. The highest BCUT2D eigenvalue weighted by atomic mass is 79.9. The number of anilines is 1. The molecule has 1 fully saturated rings. The first-order chi connectivity index (χ1) is 6.81. The van der Waals surface area contributed by atoms with Gasteiger partial charge in [0.25, 0.3) is 0 Å². The molecule has 2 rings (SSSR count). The first-order valence-corrected chi connectivity index (χ1v) is 6.09. The molecule has 76 valence electrons. The summed E-state index contributed by atoms with van der Waals surface area (Å²) < 4.78 is 0.996. The van der Waals surface area contributed by atoms with Crippen LogP contribution in [0.5, 0.6) is 0 Å². The fourth-order valence-corrected chi connectivity index (χ4v) is 2.36. The average molecular weight is 276 g/mol.